The first-order chi connectivity index (χ1) is 5.26. The molecule has 0 radical (unpaired) electrons. The Morgan fingerprint density at radius 2 is 2.27 bits per heavy atom. The lowest BCUT2D eigenvalue weighted by molar-refractivity contribution is -0.229. The molecule has 0 aliphatic carbocycles. The van der Waals surface area contributed by atoms with Gasteiger partial charge in [0, 0.05) is 0 Å². The molecule has 0 atom stereocenters. The Balaban J connectivity index is 3.87. The summed E-state index contributed by atoms with van der Waals surface area (Å²) in [5.74, 6) is -0.888. The fraction of sp³-hybridized carbons (Fsp3) is 0.571. The van der Waals surface area contributed by atoms with Gasteiger partial charge in [0.2, 0.25) is 0 Å². The number of aliphatic hydroxyl groups excluding tert-OH is 1. The average Bonchev–Trinajstić information content (AvgIpc) is 2.05. The molecule has 0 aliphatic rings. The first kappa shape index (κ1) is 9.97. The maximum absolute atomic E-state index is 10.5. The van der Waals surface area contributed by atoms with Gasteiger partial charge in [0.15, 0.2) is 0 Å². The number of hydrogen-bond donors (Lipinski definition) is 2. The summed E-state index contributed by atoms with van der Waals surface area (Å²) >= 11 is 0. The standard InChI is InChI=1S/C7H12O4/c1-2-3-4-6(5-8)7(9)11-10/h5,8,10H,2-4H2,1H3. The lowest BCUT2D eigenvalue weighted by Gasteiger charge is -1.99. The molecule has 0 unspecified atom stereocenters. The Hall–Kier alpha value is -1.03. The summed E-state index contributed by atoms with van der Waals surface area (Å²) in [4.78, 5) is 14.0. The largest absolute Gasteiger partial charge is 0.515 e. The fourth-order valence-electron chi connectivity index (χ4n) is 0.645. The van der Waals surface area contributed by atoms with Gasteiger partial charge in [-0.3, -0.25) is 4.89 Å². The molecule has 4 heteroatoms. The summed E-state index contributed by atoms with van der Waals surface area (Å²) in [6.45, 7) is 1.96. The van der Waals surface area contributed by atoms with Gasteiger partial charge in [-0.1, -0.05) is 13.3 Å². The molecular weight excluding hydrogens is 148 g/mol. The predicted molar refractivity (Wildman–Crippen MR) is 39.0 cm³/mol. The summed E-state index contributed by atoms with van der Waals surface area (Å²) in [6.07, 6.45) is 2.78. The number of carbonyl (C=O) groups is 1. The van der Waals surface area contributed by atoms with Crippen molar-refractivity contribution in [3.05, 3.63) is 11.8 Å². The van der Waals surface area contributed by atoms with Crippen molar-refractivity contribution in [2.24, 2.45) is 0 Å². The molecule has 2 N–H and O–H groups in total. The highest BCUT2D eigenvalue weighted by molar-refractivity contribution is 5.87. The van der Waals surface area contributed by atoms with Crippen LogP contribution in [0.3, 0.4) is 0 Å². The number of carbonyl (C=O) groups excluding carboxylic acids is 1. The Bertz CT molecular complexity index is 151. The zero-order chi connectivity index (χ0) is 8.69. The lowest BCUT2D eigenvalue weighted by atomic mass is 10.1. The molecule has 0 aromatic carbocycles. The van der Waals surface area contributed by atoms with Crippen LogP contribution in [0.4, 0.5) is 0 Å². The van der Waals surface area contributed by atoms with Crippen molar-refractivity contribution in [3.8, 4) is 0 Å². The van der Waals surface area contributed by atoms with Gasteiger partial charge in [-0.2, -0.15) is 5.26 Å². The van der Waals surface area contributed by atoms with Gasteiger partial charge in [0.05, 0.1) is 11.8 Å². The highest BCUT2D eigenvalue weighted by Gasteiger charge is 2.09. The van der Waals surface area contributed by atoms with Crippen LogP contribution in [-0.2, 0) is 9.68 Å². The van der Waals surface area contributed by atoms with Crippen molar-refractivity contribution in [2.45, 2.75) is 26.2 Å². The maximum Gasteiger partial charge on any atom is 0.371 e. The quantitative estimate of drug-likeness (QED) is 0.284. The van der Waals surface area contributed by atoms with E-state index in [-0.39, 0.29) is 5.57 Å². The first-order valence-electron chi connectivity index (χ1n) is 3.45. The summed E-state index contributed by atoms with van der Waals surface area (Å²) in [7, 11) is 0. The van der Waals surface area contributed by atoms with Gasteiger partial charge in [0.25, 0.3) is 0 Å². The van der Waals surface area contributed by atoms with E-state index in [1.165, 1.54) is 0 Å². The summed E-state index contributed by atoms with van der Waals surface area (Å²) in [5, 5.41) is 16.4. The number of hydrogen-bond acceptors (Lipinski definition) is 4. The zero-order valence-corrected chi connectivity index (χ0v) is 6.41. The van der Waals surface area contributed by atoms with E-state index < -0.39 is 5.97 Å². The molecule has 0 aromatic rings. The molecule has 0 heterocycles. The van der Waals surface area contributed by atoms with E-state index in [0.29, 0.717) is 12.7 Å². The second-order valence-corrected chi connectivity index (χ2v) is 2.14. The van der Waals surface area contributed by atoms with E-state index in [2.05, 4.69) is 4.89 Å². The van der Waals surface area contributed by atoms with E-state index in [1.54, 1.807) is 0 Å². The molecule has 0 spiro atoms. The van der Waals surface area contributed by atoms with Crippen LogP contribution in [0.15, 0.2) is 11.8 Å². The number of aliphatic hydroxyl groups is 1. The molecule has 0 aliphatic heterocycles. The van der Waals surface area contributed by atoms with Crippen LogP contribution in [0.5, 0.6) is 0 Å². The van der Waals surface area contributed by atoms with Crippen molar-refractivity contribution in [1.29, 1.82) is 0 Å². The fourth-order valence-corrected chi connectivity index (χ4v) is 0.645. The minimum absolute atomic E-state index is 0.0920. The molecule has 64 valence electrons. The molecule has 11 heavy (non-hydrogen) atoms. The summed E-state index contributed by atoms with van der Waals surface area (Å²) in [5.41, 5.74) is 0.0920. The third kappa shape index (κ3) is 3.62. The third-order valence-electron chi connectivity index (χ3n) is 1.30. The Morgan fingerprint density at radius 1 is 1.64 bits per heavy atom. The monoisotopic (exact) mass is 160 g/mol. The van der Waals surface area contributed by atoms with E-state index in [1.807, 2.05) is 6.92 Å². The molecule has 0 rings (SSSR count). The minimum Gasteiger partial charge on any atom is -0.515 e. The second-order valence-electron chi connectivity index (χ2n) is 2.14. The van der Waals surface area contributed by atoms with Crippen molar-refractivity contribution in [1.82, 2.24) is 0 Å². The predicted octanol–water partition coefficient (Wildman–Crippen LogP) is 1.63. The minimum atomic E-state index is -0.888. The Labute approximate surface area is 65.0 Å². The molecule has 0 saturated carbocycles. The van der Waals surface area contributed by atoms with Crippen LogP contribution in [0.1, 0.15) is 26.2 Å². The van der Waals surface area contributed by atoms with Crippen molar-refractivity contribution in [2.75, 3.05) is 0 Å². The Morgan fingerprint density at radius 3 is 2.64 bits per heavy atom. The van der Waals surface area contributed by atoms with Crippen LogP contribution in [0.25, 0.3) is 0 Å². The first-order valence-corrected chi connectivity index (χ1v) is 3.45. The van der Waals surface area contributed by atoms with Gasteiger partial charge in [0.1, 0.15) is 0 Å². The topological polar surface area (TPSA) is 66.8 Å². The van der Waals surface area contributed by atoms with Gasteiger partial charge in [-0.05, 0) is 12.8 Å². The van der Waals surface area contributed by atoms with E-state index >= 15 is 0 Å². The molecule has 0 fully saturated rings. The highest BCUT2D eigenvalue weighted by atomic mass is 17.1. The van der Waals surface area contributed by atoms with Crippen molar-refractivity contribution in [3.63, 3.8) is 0 Å². The molecule has 0 saturated heterocycles. The highest BCUT2D eigenvalue weighted by Crippen LogP contribution is 2.07. The summed E-state index contributed by atoms with van der Waals surface area (Å²) < 4.78 is 0. The molecule has 0 amide bonds. The SMILES string of the molecule is CCCCC(=CO)C(=O)OO. The molecular formula is C7H12O4. The van der Waals surface area contributed by atoms with Gasteiger partial charge in [-0.25, -0.2) is 4.79 Å². The molecule has 4 nitrogen and oxygen atoms in total. The van der Waals surface area contributed by atoms with Crippen molar-refractivity contribution < 1.29 is 20.0 Å². The summed E-state index contributed by atoms with van der Waals surface area (Å²) in [6, 6.07) is 0. The van der Waals surface area contributed by atoms with E-state index in [4.69, 9.17) is 10.4 Å². The van der Waals surface area contributed by atoms with Crippen molar-refractivity contribution >= 4 is 5.97 Å². The van der Waals surface area contributed by atoms with Crippen LogP contribution in [-0.4, -0.2) is 16.3 Å². The normalized spacial score (nSPS) is 11.3. The van der Waals surface area contributed by atoms with Gasteiger partial charge < -0.3 is 5.11 Å². The number of rotatable bonds is 4. The van der Waals surface area contributed by atoms with E-state index in [0.717, 1.165) is 12.8 Å². The van der Waals surface area contributed by atoms with Crippen LogP contribution < -0.4 is 0 Å². The zero-order valence-electron chi connectivity index (χ0n) is 6.41. The molecule has 0 aromatic heterocycles. The van der Waals surface area contributed by atoms with E-state index in [9.17, 15) is 4.79 Å². The smallest absolute Gasteiger partial charge is 0.371 e. The second kappa shape index (κ2) is 5.73. The van der Waals surface area contributed by atoms with Gasteiger partial charge in [-0.15, -0.1) is 0 Å². The Kier molecular flexibility index (Phi) is 5.20. The van der Waals surface area contributed by atoms with Crippen LogP contribution in [0, 0.1) is 0 Å². The maximum atomic E-state index is 10.5. The average molecular weight is 160 g/mol. The van der Waals surface area contributed by atoms with Gasteiger partial charge >= 0.3 is 5.97 Å². The lowest BCUT2D eigenvalue weighted by Crippen LogP contribution is -2.05. The van der Waals surface area contributed by atoms with Crippen LogP contribution >= 0.6 is 0 Å². The van der Waals surface area contributed by atoms with Crippen LogP contribution in [0.2, 0.25) is 0 Å². The molecule has 0 bridgehead atoms. The third-order valence-corrected chi connectivity index (χ3v) is 1.30. The number of unbranched alkanes of at least 4 members (excludes halogenated alkanes) is 1.